The molecule has 3 rings (SSSR count). The topological polar surface area (TPSA) is 67.8 Å². The minimum atomic E-state index is -1.07. The summed E-state index contributed by atoms with van der Waals surface area (Å²) in [5.41, 5.74) is 3.75. The van der Waals surface area contributed by atoms with Gasteiger partial charge >= 0.3 is 0 Å². The summed E-state index contributed by atoms with van der Waals surface area (Å²) in [6.45, 7) is 4.11. The van der Waals surface area contributed by atoms with Gasteiger partial charge in [0.2, 0.25) is 5.95 Å². The normalized spacial score (nSPS) is 11.9. The Balaban J connectivity index is 1.74. The van der Waals surface area contributed by atoms with E-state index in [1.165, 1.54) is 0 Å². The highest BCUT2D eigenvalue weighted by molar-refractivity contribution is 7.84. The molecule has 0 bridgehead atoms. The standard InChI is InChI=1S/C20H22N4OS/c1-3-18-19(4-2)23-24-20(22-18)21-16-10-8-9-15(13-16)14-26(25)17-11-6-5-7-12-17/h5-13H,3-4,14H2,1-2H3,(H,21,22,24). The Kier molecular flexibility index (Phi) is 6.07. The summed E-state index contributed by atoms with van der Waals surface area (Å²) in [6.07, 6.45) is 1.65. The number of hydrogen-bond acceptors (Lipinski definition) is 5. The number of rotatable bonds is 7. The molecule has 0 aliphatic heterocycles. The lowest BCUT2D eigenvalue weighted by molar-refractivity contribution is 0.682. The summed E-state index contributed by atoms with van der Waals surface area (Å²) >= 11 is 0. The molecule has 0 fully saturated rings. The van der Waals surface area contributed by atoms with Crippen molar-refractivity contribution in [1.82, 2.24) is 15.2 Å². The van der Waals surface area contributed by atoms with Crippen LogP contribution in [0.3, 0.4) is 0 Å². The quantitative estimate of drug-likeness (QED) is 0.683. The first-order valence-corrected chi connectivity index (χ1v) is 10.0. The van der Waals surface area contributed by atoms with Crippen molar-refractivity contribution in [1.29, 1.82) is 0 Å². The van der Waals surface area contributed by atoms with Crippen molar-refractivity contribution in [2.45, 2.75) is 37.3 Å². The van der Waals surface area contributed by atoms with Gasteiger partial charge in [-0.2, -0.15) is 0 Å². The first-order chi connectivity index (χ1) is 12.7. The zero-order valence-electron chi connectivity index (χ0n) is 15.0. The molecule has 0 radical (unpaired) electrons. The molecule has 3 aromatic rings. The third kappa shape index (κ3) is 4.52. The van der Waals surface area contributed by atoms with Crippen LogP contribution in [0.15, 0.2) is 59.5 Å². The van der Waals surface area contributed by atoms with Gasteiger partial charge in [-0.05, 0) is 42.7 Å². The molecule has 1 heterocycles. The smallest absolute Gasteiger partial charge is 0.247 e. The van der Waals surface area contributed by atoms with Crippen LogP contribution in [-0.4, -0.2) is 19.4 Å². The van der Waals surface area contributed by atoms with Crippen molar-refractivity contribution >= 4 is 22.4 Å². The molecule has 1 unspecified atom stereocenters. The summed E-state index contributed by atoms with van der Waals surface area (Å²) in [6, 6.07) is 17.3. The lowest BCUT2D eigenvalue weighted by Gasteiger charge is -2.09. The third-order valence-corrected chi connectivity index (χ3v) is 5.39. The predicted octanol–water partition coefficient (Wildman–Crippen LogP) is 4.05. The number of nitrogens with zero attached hydrogens (tertiary/aromatic N) is 3. The van der Waals surface area contributed by atoms with Crippen molar-refractivity contribution in [2.75, 3.05) is 5.32 Å². The van der Waals surface area contributed by atoms with E-state index in [4.69, 9.17) is 0 Å². The number of nitrogens with one attached hydrogen (secondary N) is 1. The van der Waals surface area contributed by atoms with E-state index >= 15 is 0 Å². The van der Waals surface area contributed by atoms with Crippen molar-refractivity contribution in [2.24, 2.45) is 0 Å². The predicted molar refractivity (Wildman–Crippen MR) is 105 cm³/mol. The van der Waals surface area contributed by atoms with Gasteiger partial charge in [0, 0.05) is 10.6 Å². The van der Waals surface area contributed by atoms with E-state index in [0.717, 1.165) is 40.4 Å². The second-order valence-corrected chi connectivity index (χ2v) is 7.32. The molecule has 0 aliphatic rings. The Labute approximate surface area is 156 Å². The van der Waals surface area contributed by atoms with Gasteiger partial charge in [0.25, 0.3) is 0 Å². The average molecular weight is 366 g/mol. The molecule has 5 nitrogen and oxygen atoms in total. The van der Waals surface area contributed by atoms with Gasteiger partial charge in [0.1, 0.15) is 0 Å². The Hall–Kier alpha value is -2.60. The lowest BCUT2D eigenvalue weighted by Crippen LogP contribution is -2.07. The van der Waals surface area contributed by atoms with E-state index in [1.807, 2.05) is 61.5 Å². The van der Waals surface area contributed by atoms with E-state index in [1.54, 1.807) is 0 Å². The molecule has 134 valence electrons. The van der Waals surface area contributed by atoms with Gasteiger partial charge in [0.05, 0.1) is 27.9 Å². The molecule has 1 atom stereocenters. The Morgan fingerprint density at radius 1 is 0.923 bits per heavy atom. The van der Waals surface area contributed by atoms with E-state index in [-0.39, 0.29) is 0 Å². The molecule has 1 N–H and O–H groups in total. The van der Waals surface area contributed by atoms with Crippen LogP contribution in [0.2, 0.25) is 0 Å². The van der Waals surface area contributed by atoms with Gasteiger partial charge in [-0.15, -0.1) is 10.2 Å². The van der Waals surface area contributed by atoms with Gasteiger partial charge in [-0.3, -0.25) is 4.21 Å². The lowest BCUT2D eigenvalue weighted by atomic mass is 10.2. The molecular formula is C20H22N4OS. The second-order valence-electron chi connectivity index (χ2n) is 5.86. The molecule has 1 aromatic heterocycles. The average Bonchev–Trinajstić information content (AvgIpc) is 2.69. The summed E-state index contributed by atoms with van der Waals surface area (Å²) < 4.78 is 12.5. The first kappa shape index (κ1) is 18.2. The minimum absolute atomic E-state index is 0.466. The number of benzene rings is 2. The fraction of sp³-hybridized carbons (Fsp3) is 0.250. The fourth-order valence-corrected chi connectivity index (χ4v) is 3.78. The van der Waals surface area contributed by atoms with Crippen molar-refractivity contribution < 1.29 is 4.21 Å². The molecule has 0 saturated carbocycles. The molecule has 0 amide bonds. The maximum atomic E-state index is 12.5. The van der Waals surface area contributed by atoms with E-state index < -0.39 is 10.8 Å². The van der Waals surface area contributed by atoms with Crippen molar-refractivity contribution in [3.63, 3.8) is 0 Å². The Bertz CT molecular complexity index is 899. The van der Waals surface area contributed by atoms with E-state index in [2.05, 4.69) is 27.4 Å². The molecular weight excluding hydrogens is 344 g/mol. The van der Waals surface area contributed by atoms with Crippen LogP contribution in [0.25, 0.3) is 0 Å². The molecule has 6 heteroatoms. The number of aryl methyl sites for hydroxylation is 2. The maximum absolute atomic E-state index is 12.5. The fourth-order valence-electron chi connectivity index (χ4n) is 2.67. The van der Waals surface area contributed by atoms with Crippen molar-refractivity contribution in [3.05, 3.63) is 71.5 Å². The van der Waals surface area contributed by atoms with Crippen molar-refractivity contribution in [3.8, 4) is 0 Å². The summed E-state index contributed by atoms with van der Waals surface area (Å²) in [7, 11) is -1.07. The third-order valence-electron chi connectivity index (χ3n) is 4.00. The molecule has 0 saturated heterocycles. The zero-order valence-corrected chi connectivity index (χ0v) is 15.8. The van der Waals surface area contributed by atoms with E-state index in [0.29, 0.717) is 11.7 Å². The number of anilines is 2. The molecule has 2 aromatic carbocycles. The zero-order chi connectivity index (χ0) is 18.4. The summed E-state index contributed by atoms with van der Waals surface area (Å²) in [5.74, 6) is 0.952. The molecule has 0 spiro atoms. The minimum Gasteiger partial charge on any atom is -0.323 e. The van der Waals surface area contributed by atoms with Crippen LogP contribution in [0.1, 0.15) is 30.8 Å². The van der Waals surface area contributed by atoms with Gasteiger partial charge in [0.15, 0.2) is 0 Å². The van der Waals surface area contributed by atoms with Crippen LogP contribution in [0.5, 0.6) is 0 Å². The number of hydrogen-bond donors (Lipinski definition) is 1. The van der Waals surface area contributed by atoms with Gasteiger partial charge in [-0.1, -0.05) is 44.2 Å². The first-order valence-electron chi connectivity index (χ1n) is 8.71. The monoisotopic (exact) mass is 366 g/mol. The summed E-state index contributed by atoms with van der Waals surface area (Å²) in [5, 5.41) is 11.6. The largest absolute Gasteiger partial charge is 0.323 e. The van der Waals surface area contributed by atoms with Crippen LogP contribution in [-0.2, 0) is 29.4 Å². The summed E-state index contributed by atoms with van der Waals surface area (Å²) in [4.78, 5) is 5.39. The Morgan fingerprint density at radius 2 is 1.69 bits per heavy atom. The van der Waals surface area contributed by atoms with Crippen LogP contribution in [0.4, 0.5) is 11.6 Å². The highest BCUT2D eigenvalue weighted by Crippen LogP contribution is 2.18. The van der Waals surface area contributed by atoms with Crippen LogP contribution < -0.4 is 5.32 Å². The van der Waals surface area contributed by atoms with Crippen LogP contribution in [0, 0.1) is 0 Å². The van der Waals surface area contributed by atoms with Gasteiger partial charge < -0.3 is 5.32 Å². The van der Waals surface area contributed by atoms with Crippen LogP contribution >= 0.6 is 0 Å². The molecule has 0 aliphatic carbocycles. The Morgan fingerprint density at radius 3 is 2.42 bits per heavy atom. The van der Waals surface area contributed by atoms with Gasteiger partial charge in [-0.25, -0.2) is 4.98 Å². The molecule has 26 heavy (non-hydrogen) atoms. The van der Waals surface area contributed by atoms with E-state index in [9.17, 15) is 4.21 Å². The SMILES string of the molecule is CCc1nnc(Nc2cccc(CS(=O)c3ccccc3)c2)nc1CC. The second kappa shape index (κ2) is 8.67. The highest BCUT2D eigenvalue weighted by Gasteiger charge is 2.08. The maximum Gasteiger partial charge on any atom is 0.247 e. The highest BCUT2D eigenvalue weighted by atomic mass is 32.2. The number of aromatic nitrogens is 3.